The average Bonchev–Trinajstić information content (AvgIpc) is 3.01. The second kappa shape index (κ2) is 7.54. The Morgan fingerprint density at radius 1 is 1.07 bits per heavy atom. The standard InChI is InChI=1S/C18H16F6N2O3/c1-10(2)15-25-9-13(7-8-14(27)28)26(15)12-5-3-11(4-6-12)16(29,17(19,20)21)18(22,23)24/h3-10,29H,1-2H3,(H,27,28)/b8-7+. The molecule has 1 aromatic heterocycles. The van der Waals surface area contributed by atoms with Crippen molar-refractivity contribution < 1.29 is 41.4 Å². The Labute approximate surface area is 160 Å². The van der Waals surface area contributed by atoms with E-state index in [0.29, 0.717) is 18.0 Å². The third-order valence-corrected chi connectivity index (χ3v) is 4.09. The topological polar surface area (TPSA) is 75.3 Å². The van der Waals surface area contributed by atoms with E-state index in [0.717, 1.165) is 18.2 Å². The first-order valence-electron chi connectivity index (χ1n) is 8.15. The zero-order valence-corrected chi connectivity index (χ0v) is 15.1. The molecule has 0 fully saturated rings. The molecule has 0 saturated carbocycles. The number of rotatable bonds is 5. The summed E-state index contributed by atoms with van der Waals surface area (Å²) >= 11 is 0. The fourth-order valence-corrected chi connectivity index (χ4v) is 2.68. The fourth-order valence-electron chi connectivity index (χ4n) is 2.68. The van der Waals surface area contributed by atoms with Crippen LogP contribution in [0.25, 0.3) is 11.8 Å². The van der Waals surface area contributed by atoms with Crippen LogP contribution in [0.1, 0.15) is 36.8 Å². The number of nitrogens with zero attached hydrogens (tertiary/aromatic N) is 2. The molecule has 0 radical (unpaired) electrons. The van der Waals surface area contributed by atoms with Crippen molar-refractivity contribution in [2.24, 2.45) is 0 Å². The normalized spacial score (nSPS) is 13.4. The van der Waals surface area contributed by atoms with E-state index >= 15 is 0 Å². The number of halogens is 6. The number of aliphatic hydroxyl groups is 1. The molecule has 0 bridgehead atoms. The molecule has 2 rings (SSSR count). The van der Waals surface area contributed by atoms with E-state index in [1.807, 2.05) is 0 Å². The predicted molar refractivity (Wildman–Crippen MR) is 90.3 cm³/mol. The molecule has 158 valence electrons. The summed E-state index contributed by atoms with van der Waals surface area (Å²) in [6.45, 7) is 3.51. The highest BCUT2D eigenvalue weighted by Gasteiger charge is 2.71. The summed E-state index contributed by atoms with van der Waals surface area (Å²) in [5, 5.41) is 18.2. The van der Waals surface area contributed by atoms with E-state index in [1.165, 1.54) is 16.8 Å². The average molecular weight is 422 g/mol. The summed E-state index contributed by atoms with van der Waals surface area (Å²) in [5.41, 5.74) is -6.02. The van der Waals surface area contributed by atoms with Gasteiger partial charge in [-0.2, -0.15) is 26.3 Å². The Balaban J connectivity index is 2.61. The summed E-state index contributed by atoms with van der Waals surface area (Å²) < 4.78 is 79.5. The van der Waals surface area contributed by atoms with Crippen molar-refractivity contribution in [3.05, 3.63) is 53.6 Å². The van der Waals surface area contributed by atoms with Gasteiger partial charge in [-0.05, 0) is 18.2 Å². The van der Waals surface area contributed by atoms with E-state index in [2.05, 4.69) is 4.98 Å². The Bertz CT molecular complexity index is 897. The summed E-state index contributed by atoms with van der Waals surface area (Å²) in [7, 11) is 0. The molecule has 0 spiro atoms. The Morgan fingerprint density at radius 3 is 2.00 bits per heavy atom. The second-order valence-corrected chi connectivity index (χ2v) is 6.46. The van der Waals surface area contributed by atoms with Crippen molar-refractivity contribution in [3.8, 4) is 5.69 Å². The number of aromatic nitrogens is 2. The molecule has 29 heavy (non-hydrogen) atoms. The maximum atomic E-state index is 13.0. The maximum Gasteiger partial charge on any atom is 0.430 e. The predicted octanol–water partition coefficient (Wildman–Crippen LogP) is 4.41. The summed E-state index contributed by atoms with van der Waals surface area (Å²) in [5.74, 6) is -1.03. The van der Waals surface area contributed by atoms with Gasteiger partial charge in [-0.3, -0.25) is 4.57 Å². The van der Waals surface area contributed by atoms with Crippen LogP contribution < -0.4 is 0 Å². The van der Waals surface area contributed by atoms with Crippen molar-refractivity contribution in [2.45, 2.75) is 37.7 Å². The van der Waals surface area contributed by atoms with Gasteiger partial charge in [0, 0.05) is 23.2 Å². The lowest BCUT2D eigenvalue weighted by Crippen LogP contribution is -2.53. The molecule has 0 aliphatic carbocycles. The molecule has 2 aromatic rings. The monoisotopic (exact) mass is 422 g/mol. The van der Waals surface area contributed by atoms with Gasteiger partial charge in [-0.25, -0.2) is 9.78 Å². The summed E-state index contributed by atoms with van der Waals surface area (Å²) in [4.78, 5) is 14.9. The van der Waals surface area contributed by atoms with E-state index in [1.54, 1.807) is 13.8 Å². The second-order valence-electron chi connectivity index (χ2n) is 6.46. The van der Waals surface area contributed by atoms with Crippen LogP contribution in [0, 0.1) is 0 Å². The van der Waals surface area contributed by atoms with Gasteiger partial charge in [0.25, 0.3) is 5.60 Å². The van der Waals surface area contributed by atoms with Gasteiger partial charge in [-0.1, -0.05) is 26.0 Å². The van der Waals surface area contributed by atoms with Crippen molar-refractivity contribution >= 4 is 12.0 Å². The van der Waals surface area contributed by atoms with Crippen molar-refractivity contribution in [2.75, 3.05) is 0 Å². The van der Waals surface area contributed by atoms with Crippen molar-refractivity contribution in [1.29, 1.82) is 0 Å². The van der Waals surface area contributed by atoms with Crippen LogP contribution in [0.5, 0.6) is 0 Å². The molecule has 0 aliphatic rings. The van der Waals surface area contributed by atoms with Gasteiger partial charge < -0.3 is 10.2 Å². The molecule has 0 unspecified atom stereocenters. The van der Waals surface area contributed by atoms with Crippen molar-refractivity contribution in [3.63, 3.8) is 0 Å². The van der Waals surface area contributed by atoms with Gasteiger partial charge in [0.1, 0.15) is 5.82 Å². The fraction of sp³-hybridized carbons (Fsp3) is 0.333. The highest BCUT2D eigenvalue weighted by Crippen LogP contribution is 2.50. The molecule has 0 atom stereocenters. The van der Waals surface area contributed by atoms with E-state index in [-0.39, 0.29) is 17.3 Å². The third kappa shape index (κ3) is 4.14. The number of alkyl halides is 6. The summed E-state index contributed by atoms with van der Waals surface area (Å²) in [6.07, 6.45) is -8.64. The van der Waals surface area contributed by atoms with Crippen molar-refractivity contribution in [1.82, 2.24) is 9.55 Å². The minimum atomic E-state index is -5.99. The van der Waals surface area contributed by atoms with Gasteiger partial charge in [-0.15, -0.1) is 0 Å². The summed E-state index contributed by atoms with van der Waals surface area (Å²) in [6, 6.07) is 2.96. The lowest BCUT2D eigenvalue weighted by molar-refractivity contribution is -0.376. The highest BCUT2D eigenvalue weighted by molar-refractivity contribution is 5.85. The Hall–Kier alpha value is -2.82. The lowest BCUT2D eigenvalue weighted by atomic mass is 9.92. The molecule has 0 amide bonds. The number of hydrogen-bond donors (Lipinski definition) is 2. The highest BCUT2D eigenvalue weighted by atomic mass is 19.4. The number of carboxylic acid groups (broad SMARTS) is 1. The Kier molecular flexibility index (Phi) is 5.84. The lowest BCUT2D eigenvalue weighted by Gasteiger charge is -2.32. The molecule has 2 N–H and O–H groups in total. The van der Waals surface area contributed by atoms with E-state index < -0.39 is 29.5 Å². The minimum Gasteiger partial charge on any atom is -0.478 e. The largest absolute Gasteiger partial charge is 0.478 e. The molecule has 11 heteroatoms. The SMILES string of the molecule is CC(C)c1ncc(/C=C/C(=O)O)n1-c1ccc(C(O)(C(F)(F)F)C(F)(F)F)cc1. The van der Waals surface area contributed by atoms with Gasteiger partial charge in [0.15, 0.2) is 0 Å². The van der Waals surface area contributed by atoms with Crippen LogP contribution in [0.4, 0.5) is 26.3 Å². The minimum absolute atomic E-state index is 0.145. The first-order chi connectivity index (χ1) is 13.2. The van der Waals surface area contributed by atoms with Gasteiger partial charge >= 0.3 is 18.3 Å². The number of benzene rings is 1. The molecular weight excluding hydrogens is 406 g/mol. The first kappa shape index (κ1) is 22.5. The number of imidazole rings is 1. The zero-order valence-electron chi connectivity index (χ0n) is 15.1. The number of carboxylic acids is 1. The first-order valence-corrected chi connectivity index (χ1v) is 8.15. The molecule has 1 aromatic carbocycles. The number of hydrogen-bond acceptors (Lipinski definition) is 3. The van der Waals surface area contributed by atoms with Crippen LogP contribution >= 0.6 is 0 Å². The van der Waals surface area contributed by atoms with Crippen LogP contribution in [-0.2, 0) is 10.4 Å². The molecule has 0 saturated heterocycles. The zero-order chi connectivity index (χ0) is 22.2. The Morgan fingerprint density at radius 2 is 1.59 bits per heavy atom. The van der Waals surface area contributed by atoms with Gasteiger partial charge in [0.2, 0.25) is 0 Å². The smallest absolute Gasteiger partial charge is 0.430 e. The molecule has 0 aliphatic heterocycles. The van der Waals surface area contributed by atoms with Crippen LogP contribution in [-0.4, -0.2) is 38.1 Å². The van der Waals surface area contributed by atoms with E-state index in [4.69, 9.17) is 5.11 Å². The number of aliphatic carboxylic acids is 1. The third-order valence-electron chi connectivity index (χ3n) is 4.09. The van der Waals surface area contributed by atoms with Crippen LogP contribution in [0.3, 0.4) is 0 Å². The van der Waals surface area contributed by atoms with Crippen LogP contribution in [0.15, 0.2) is 36.5 Å². The molecule has 1 heterocycles. The molecular formula is C18H16F6N2O3. The number of carbonyl (C=O) groups is 1. The van der Waals surface area contributed by atoms with Gasteiger partial charge in [0.05, 0.1) is 11.9 Å². The van der Waals surface area contributed by atoms with Crippen LogP contribution in [0.2, 0.25) is 0 Å². The quantitative estimate of drug-likeness (QED) is 0.553. The maximum absolute atomic E-state index is 13.0. The van der Waals surface area contributed by atoms with E-state index in [9.17, 15) is 36.2 Å². The molecule has 5 nitrogen and oxygen atoms in total.